The average molecular weight is 282 g/mol. The molecule has 6 heteroatoms. The third kappa shape index (κ3) is 2.79. The lowest BCUT2D eigenvalue weighted by Crippen LogP contribution is -2.14. The fourth-order valence-electron chi connectivity index (χ4n) is 2.21. The number of nitrogens with zero attached hydrogens (tertiary/aromatic N) is 5. The van der Waals surface area contributed by atoms with E-state index in [-0.39, 0.29) is 0 Å². The number of hydrogen-bond acceptors (Lipinski definition) is 5. The van der Waals surface area contributed by atoms with Crippen molar-refractivity contribution in [3.63, 3.8) is 0 Å². The largest absolute Gasteiger partial charge is 0.378 e. The van der Waals surface area contributed by atoms with Crippen LogP contribution >= 0.6 is 0 Å². The van der Waals surface area contributed by atoms with Crippen molar-refractivity contribution in [1.82, 2.24) is 19.6 Å². The minimum atomic E-state index is 0.675. The first-order valence-corrected chi connectivity index (χ1v) is 6.80. The minimum absolute atomic E-state index is 0.675. The van der Waals surface area contributed by atoms with Crippen LogP contribution in [0.2, 0.25) is 0 Å². The number of pyridine rings is 1. The molecule has 0 fully saturated rings. The highest BCUT2D eigenvalue weighted by molar-refractivity contribution is 5.64. The maximum absolute atomic E-state index is 4.41. The van der Waals surface area contributed by atoms with Gasteiger partial charge in [-0.05, 0) is 19.1 Å². The van der Waals surface area contributed by atoms with Crippen LogP contribution in [0.15, 0.2) is 36.8 Å². The maximum Gasteiger partial charge on any atom is 0.155 e. The Morgan fingerprint density at radius 3 is 2.95 bits per heavy atom. The fraction of sp³-hybridized carbons (Fsp3) is 0.267. The van der Waals surface area contributed by atoms with Crippen molar-refractivity contribution >= 4 is 17.2 Å². The van der Waals surface area contributed by atoms with Crippen LogP contribution in [0.25, 0.3) is 5.65 Å². The maximum atomic E-state index is 4.41. The normalized spacial score (nSPS) is 10.8. The Morgan fingerprint density at radius 2 is 2.14 bits per heavy atom. The summed E-state index contributed by atoms with van der Waals surface area (Å²) in [6, 6.07) is 5.91. The molecule has 3 heterocycles. The van der Waals surface area contributed by atoms with Gasteiger partial charge in [0.1, 0.15) is 0 Å². The van der Waals surface area contributed by atoms with E-state index >= 15 is 0 Å². The molecule has 3 aromatic rings. The fourth-order valence-corrected chi connectivity index (χ4v) is 2.21. The second-order valence-corrected chi connectivity index (χ2v) is 5.17. The molecule has 21 heavy (non-hydrogen) atoms. The van der Waals surface area contributed by atoms with Crippen LogP contribution in [0, 0.1) is 6.92 Å². The number of hydrogen-bond donors (Lipinski definition) is 1. The van der Waals surface area contributed by atoms with Gasteiger partial charge in [0.25, 0.3) is 0 Å². The van der Waals surface area contributed by atoms with Crippen LogP contribution in [-0.2, 0) is 6.54 Å². The van der Waals surface area contributed by atoms with E-state index in [1.807, 2.05) is 61.0 Å². The van der Waals surface area contributed by atoms with Crippen molar-refractivity contribution in [1.29, 1.82) is 0 Å². The lowest BCUT2D eigenvalue weighted by atomic mass is 10.3. The lowest BCUT2D eigenvalue weighted by molar-refractivity contribution is 0.895. The molecule has 0 unspecified atom stereocenters. The molecule has 0 saturated carbocycles. The van der Waals surface area contributed by atoms with E-state index in [4.69, 9.17) is 0 Å². The van der Waals surface area contributed by atoms with E-state index in [1.54, 1.807) is 6.20 Å². The quantitative estimate of drug-likeness (QED) is 0.794. The molecular formula is C15H18N6. The van der Waals surface area contributed by atoms with Crippen LogP contribution in [0.5, 0.6) is 0 Å². The molecule has 0 bridgehead atoms. The van der Waals surface area contributed by atoms with Gasteiger partial charge in [0, 0.05) is 50.9 Å². The van der Waals surface area contributed by atoms with Crippen LogP contribution in [0.4, 0.5) is 11.5 Å². The molecule has 3 rings (SSSR count). The van der Waals surface area contributed by atoms with Gasteiger partial charge in [-0.1, -0.05) is 0 Å². The Bertz CT molecular complexity index is 762. The molecule has 0 aliphatic heterocycles. The zero-order valence-corrected chi connectivity index (χ0v) is 12.4. The summed E-state index contributed by atoms with van der Waals surface area (Å²) in [5.74, 6) is 0.918. The smallest absolute Gasteiger partial charge is 0.155 e. The molecule has 0 aliphatic rings. The van der Waals surface area contributed by atoms with Gasteiger partial charge in [-0.2, -0.15) is 5.10 Å². The highest BCUT2D eigenvalue weighted by atomic mass is 15.2. The number of fused-ring (bicyclic) bond motifs is 1. The molecule has 108 valence electrons. The van der Waals surface area contributed by atoms with Gasteiger partial charge in [0.05, 0.1) is 11.4 Å². The summed E-state index contributed by atoms with van der Waals surface area (Å²) in [7, 11) is 3.96. The van der Waals surface area contributed by atoms with Crippen LogP contribution in [0.3, 0.4) is 0 Å². The molecule has 1 N–H and O–H groups in total. The van der Waals surface area contributed by atoms with Crippen molar-refractivity contribution in [3.8, 4) is 0 Å². The van der Waals surface area contributed by atoms with Crippen LogP contribution in [0.1, 0.15) is 11.3 Å². The van der Waals surface area contributed by atoms with Crippen molar-refractivity contribution in [3.05, 3.63) is 48.0 Å². The van der Waals surface area contributed by atoms with Gasteiger partial charge in [-0.15, -0.1) is 0 Å². The number of aryl methyl sites for hydroxylation is 1. The highest BCUT2D eigenvalue weighted by Gasteiger charge is 2.06. The van der Waals surface area contributed by atoms with E-state index in [9.17, 15) is 0 Å². The standard InChI is InChI=1S/C15H18N6/c1-11-7-14-18-9-12(10-21(14)19-11)8-17-13-5-4-6-16-15(13)20(2)3/h4-7,9-10,17H,8H2,1-3H3. The van der Waals surface area contributed by atoms with Crippen molar-refractivity contribution in [2.45, 2.75) is 13.5 Å². The average Bonchev–Trinajstić information content (AvgIpc) is 2.84. The Morgan fingerprint density at radius 1 is 1.29 bits per heavy atom. The predicted octanol–water partition coefficient (Wildman–Crippen LogP) is 2.11. The molecule has 0 aliphatic carbocycles. The van der Waals surface area contributed by atoms with Gasteiger partial charge < -0.3 is 10.2 Å². The van der Waals surface area contributed by atoms with Gasteiger partial charge in [-0.3, -0.25) is 0 Å². The molecule has 0 saturated heterocycles. The number of nitrogens with one attached hydrogen (secondary N) is 1. The van der Waals surface area contributed by atoms with E-state index < -0.39 is 0 Å². The predicted molar refractivity (Wildman–Crippen MR) is 83.6 cm³/mol. The lowest BCUT2D eigenvalue weighted by Gasteiger charge is -2.16. The summed E-state index contributed by atoms with van der Waals surface area (Å²) >= 11 is 0. The Labute approximate surface area is 123 Å². The highest BCUT2D eigenvalue weighted by Crippen LogP contribution is 2.21. The van der Waals surface area contributed by atoms with E-state index in [0.717, 1.165) is 28.4 Å². The second-order valence-electron chi connectivity index (χ2n) is 5.17. The third-order valence-corrected chi connectivity index (χ3v) is 3.18. The van der Waals surface area contributed by atoms with Crippen molar-refractivity contribution in [2.24, 2.45) is 0 Å². The van der Waals surface area contributed by atoms with Gasteiger partial charge in [0.2, 0.25) is 0 Å². The summed E-state index contributed by atoms with van der Waals surface area (Å²) in [6.07, 6.45) is 5.66. The molecule has 0 radical (unpaired) electrons. The van der Waals surface area contributed by atoms with E-state index in [2.05, 4.69) is 20.4 Å². The molecule has 6 nitrogen and oxygen atoms in total. The van der Waals surface area contributed by atoms with E-state index in [1.165, 1.54) is 0 Å². The summed E-state index contributed by atoms with van der Waals surface area (Å²) in [4.78, 5) is 10.8. The first-order valence-electron chi connectivity index (χ1n) is 6.80. The van der Waals surface area contributed by atoms with Gasteiger partial charge >= 0.3 is 0 Å². The molecule has 0 atom stereocenters. The molecular weight excluding hydrogens is 264 g/mol. The van der Waals surface area contributed by atoms with E-state index in [0.29, 0.717) is 6.54 Å². The Kier molecular flexibility index (Phi) is 3.43. The zero-order valence-electron chi connectivity index (χ0n) is 12.4. The zero-order chi connectivity index (χ0) is 14.8. The molecule has 3 aromatic heterocycles. The summed E-state index contributed by atoms with van der Waals surface area (Å²) in [6.45, 7) is 2.64. The van der Waals surface area contributed by atoms with Gasteiger partial charge in [-0.25, -0.2) is 14.5 Å². The summed E-state index contributed by atoms with van der Waals surface area (Å²) < 4.78 is 1.81. The first kappa shape index (κ1) is 13.4. The number of rotatable bonds is 4. The summed E-state index contributed by atoms with van der Waals surface area (Å²) in [5.41, 5.74) is 3.90. The molecule has 0 spiro atoms. The Hall–Kier alpha value is -2.63. The Balaban J connectivity index is 1.80. The molecule has 0 amide bonds. The van der Waals surface area contributed by atoms with Crippen LogP contribution in [-0.4, -0.2) is 33.7 Å². The number of anilines is 2. The van der Waals surface area contributed by atoms with Crippen molar-refractivity contribution in [2.75, 3.05) is 24.3 Å². The van der Waals surface area contributed by atoms with Crippen molar-refractivity contribution < 1.29 is 0 Å². The minimum Gasteiger partial charge on any atom is -0.378 e. The molecule has 0 aromatic carbocycles. The first-order chi connectivity index (χ1) is 10.1. The summed E-state index contributed by atoms with van der Waals surface area (Å²) in [5, 5.41) is 7.78. The number of aromatic nitrogens is 4. The topological polar surface area (TPSA) is 58.4 Å². The van der Waals surface area contributed by atoms with Gasteiger partial charge in [0.15, 0.2) is 11.5 Å². The second kappa shape index (κ2) is 5.40. The third-order valence-electron chi connectivity index (χ3n) is 3.18. The monoisotopic (exact) mass is 282 g/mol. The SMILES string of the molecule is Cc1cc2ncc(CNc3cccnc3N(C)C)cn2n1. The van der Waals surface area contributed by atoms with Crippen LogP contribution < -0.4 is 10.2 Å².